The number of carbonyl (C=O) groups excluding carboxylic acids is 8. The van der Waals surface area contributed by atoms with Crippen molar-refractivity contribution in [2.24, 2.45) is 92.7 Å². The van der Waals surface area contributed by atoms with Gasteiger partial charge in [-0.2, -0.15) is 0 Å². The third-order valence-corrected chi connectivity index (χ3v) is 33.9. The molecule has 15 rings (SSSR count). The van der Waals surface area contributed by atoms with Crippen molar-refractivity contribution >= 4 is 122 Å². The van der Waals surface area contributed by atoms with E-state index in [0.717, 1.165) is 143 Å². The molecule has 0 N–H and O–H groups in total. The second-order valence-corrected chi connectivity index (χ2v) is 41.9. The number of amides is 4. The molecule has 0 bridgehead atoms. The molecule has 6 saturated carbocycles. The minimum atomic E-state index is -0.374. The first-order valence-electron chi connectivity index (χ1n) is 46.0. The smallest absolute Gasteiger partial charge is 0.306 e. The fraction of sp³-hybridized carbons (Fsp3) is 0.680. The lowest BCUT2D eigenvalue weighted by molar-refractivity contribution is -0.153. The van der Waals surface area contributed by atoms with Gasteiger partial charge in [-0.25, -0.2) is 0 Å². The topological polar surface area (TPSA) is 180 Å². The molecular formula is C100H132Br2N2O12. The Hall–Kier alpha value is -6.00. The van der Waals surface area contributed by atoms with Crippen LogP contribution in [0.25, 0.3) is 43.1 Å². The number of nitrogens with zero attached hydrogens (tertiary/aromatic N) is 2. The second kappa shape index (κ2) is 35.2. The van der Waals surface area contributed by atoms with Crippen molar-refractivity contribution in [1.29, 1.82) is 0 Å². The van der Waals surface area contributed by atoms with E-state index in [4.69, 9.17) is 18.9 Å². The van der Waals surface area contributed by atoms with Gasteiger partial charge >= 0.3 is 23.9 Å². The minimum absolute atomic E-state index is 0.110. The van der Waals surface area contributed by atoms with Crippen LogP contribution in [0.2, 0.25) is 0 Å². The standard InChI is InChI=1S/C100H132Br2N2O12/c1-59(2)23-19-25-61(5)75-39-41-77-67-33-31-63-55-65(43-47-97(63,7)79(67)45-49-99(75,77)9)115-85(107)29-21-27-83(105)113-53-17-13-11-15-51-103-93(109)71-37-35-69-90-82(102)58-74-88-72(38-36-70(92(88)90)89-81(101)57-73(95(103)111)87(71)91(69)89)94(110)104(96(74)112)52-16-12-14-18-54-114-84(106)28-22-30-86(108)116-66-44-48-98(8)64(56-66)32-34-68-78-42-40-76(62(6)26-20-24-60(3)4)100(78,10)50-46-80(68)98/h31-32,35-38,57-62,65-68,75-80H,11-30,33-34,39-56H2,1-10H3/t61-,62-,65?,66?,67+,68+,75-,76-,77+,78+,79+,80+,97+,98+,99-,100-/m1/s1. The lowest BCUT2D eigenvalue weighted by Gasteiger charge is -2.58. The Kier molecular flexibility index (Phi) is 25.8. The van der Waals surface area contributed by atoms with E-state index in [1.807, 2.05) is 12.1 Å². The molecule has 2 unspecified atom stereocenters. The number of imide groups is 2. The van der Waals surface area contributed by atoms with Gasteiger partial charge in [-0.05, 0) is 269 Å². The van der Waals surface area contributed by atoms with Crippen LogP contribution < -0.4 is 0 Å². The largest absolute Gasteiger partial charge is 0.466 e. The van der Waals surface area contributed by atoms with Crippen LogP contribution >= 0.6 is 31.9 Å². The highest BCUT2D eigenvalue weighted by molar-refractivity contribution is 9.11. The van der Waals surface area contributed by atoms with Crippen LogP contribution in [-0.2, 0) is 38.1 Å². The van der Waals surface area contributed by atoms with Crippen LogP contribution in [0.3, 0.4) is 0 Å². The number of esters is 4. The first-order valence-corrected chi connectivity index (χ1v) is 47.6. The first-order chi connectivity index (χ1) is 55.6. The van der Waals surface area contributed by atoms with Crippen molar-refractivity contribution in [3.05, 3.63) is 90.9 Å². The Labute approximate surface area is 707 Å². The fourth-order valence-electron chi connectivity index (χ4n) is 26.6. The first kappa shape index (κ1) is 85.0. The minimum Gasteiger partial charge on any atom is -0.466 e. The molecule has 0 spiro atoms. The number of ether oxygens (including phenoxy) is 4. The van der Waals surface area contributed by atoms with Crippen molar-refractivity contribution in [3.63, 3.8) is 0 Å². The molecule has 5 aromatic carbocycles. The van der Waals surface area contributed by atoms with Crippen molar-refractivity contribution in [2.75, 3.05) is 26.3 Å². The number of benzene rings is 5. The molecule has 16 heteroatoms. The monoisotopic (exact) mass is 1710 g/mol. The zero-order chi connectivity index (χ0) is 81.9. The lowest BCUT2D eigenvalue weighted by atomic mass is 9.47. The zero-order valence-electron chi connectivity index (χ0n) is 71.5. The van der Waals surface area contributed by atoms with Gasteiger partial charge in [0.1, 0.15) is 12.2 Å². The Morgan fingerprint density at radius 2 is 0.802 bits per heavy atom. The maximum Gasteiger partial charge on any atom is 0.306 e. The van der Waals surface area contributed by atoms with E-state index in [1.54, 1.807) is 24.3 Å². The maximum absolute atomic E-state index is 14.5. The van der Waals surface area contributed by atoms with E-state index in [2.05, 4.69) is 113 Å². The molecule has 116 heavy (non-hydrogen) atoms. The highest BCUT2D eigenvalue weighted by atomic mass is 79.9. The van der Waals surface area contributed by atoms with E-state index >= 15 is 0 Å². The Balaban J connectivity index is 0.463. The van der Waals surface area contributed by atoms with Gasteiger partial charge < -0.3 is 18.9 Å². The van der Waals surface area contributed by atoms with Gasteiger partial charge in [-0.1, -0.05) is 188 Å². The van der Waals surface area contributed by atoms with E-state index in [9.17, 15) is 38.4 Å². The fourth-order valence-corrected chi connectivity index (χ4v) is 27.9. The number of rotatable bonds is 34. The van der Waals surface area contributed by atoms with Gasteiger partial charge in [-0.15, -0.1) is 0 Å². The average molecular weight is 1710 g/mol. The van der Waals surface area contributed by atoms with Crippen LogP contribution in [0.1, 0.15) is 342 Å². The molecule has 6 fully saturated rings. The Morgan fingerprint density at radius 3 is 1.21 bits per heavy atom. The number of carbonyl (C=O) groups is 8. The van der Waals surface area contributed by atoms with Gasteiger partial charge in [0.15, 0.2) is 0 Å². The summed E-state index contributed by atoms with van der Waals surface area (Å²) in [4.78, 5) is 113. The normalized spacial score (nSPS) is 29.8. The lowest BCUT2D eigenvalue weighted by Crippen LogP contribution is -2.51. The molecule has 4 amide bonds. The summed E-state index contributed by atoms with van der Waals surface area (Å²) in [6.07, 6.45) is 38.6. The summed E-state index contributed by atoms with van der Waals surface area (Å²) in [5, 5.41) is 5.78. The van der Waals surface area contributed by atoms with E-state index in [1.165, 1.54) is 124 Å². The summed E-state index contributed by atoms with van der Waals surface area (Å²) < 4.78 is 24.7. The maximum atomic E-state index is 14.5. The Morgan fingerprint density at radius 1 is 0.414 bits per heavy atom. The van der Waals surface area contributed by atoms with E-state index in [-0.39, 0.29) is 123 Å². The van der Waals surface area contributed by atoms with Crippen LogP contribution in [0.5, 0.6) is 0 Å². The van der Waals surface area contributed by atoms with Crippen molar-refractivity contribution in [1.82, 2.24) is 9.80 Å². The summed E-state index contributed by atoms with van der Waals surface area (Å²) in [5.41, 5.74) is 6.00. The van der Waals surface area contributed by atoms with Crippen molar-refractivity contribution in [3.8, 4) is 0 Å². The molecule has 0 saturated heterocycles. The predicted octanol–water partition coefficient (Wildman–Crippen LogP) is 24.9. The summed E-state index contributed by atoms with van der Waals surface area (Å²) in [6, 6.07) is 11.0. The highest BCUT2D eigenvalue weighted by Crippen LogP contribution is 2.70. The third kappa shape index (κ3) is 16.2. The zero-order valence-corrected chi connectivity index (χ0v) is 74.7. The molecule has 0 radical (unpaired) electrons. The second-order valence-electron chi connectivity index (χ2n) is 40.2. The van der Waals surface area contributed by atoms with Gasteiger partial charge in [0.05, 0.1) is 13.2 Å². The van der Waals surface area contributed by atoms with Crippen molar-refractivity contribution < 1.29 is 57.3 Å². The molecule has 2 heterocycles. The number of fused-ring (bicyclic) bond motifs is 12. The molecule has 5 aromatic rings. The molecular weight excluding hydrogens is 1580 g/mol. The number of allylic oxidation sites excluding steroid dienone is 2. The van der Waals surface area contributed by atoms with E-state index < -0.39 is 0 Å². The van der Waals surface area contributed by atoms with Gasteiger partial charge in [0, 0.05) is 115 Å². The van der Waals surface area contributed by atoms with Crippen LogP contribution in [-0.4, -0.2) is 95.8 Å². The van der Waals surface area contributed by atoms with Crippen molar-refractivity contribution in [2.45, 2.75) is 313 Å². The summed E-state index contributed by atoms with van der Waals surface area (Å²) in [6.45, 7) is 25.8. The van der Waals surface area contributed by atoms with Crippen LogP contribution in [0.15, 0.2) is 68.6 Å². The number of unbranched alkanes of at least 4 members (excludes halogenated alkanes) is 6. The predicted molar refractivity (Wildman–Crippen MR) is 466 cm³/mol. The van der Waals surface area contributed by atoms with Gasteiger partial charge in [-0.3, -0.25) is 48.2 Å². The van der Waals surface area contributed by atoms with Gasteiger partial charge in [0.25, 0.3) is 23.6 Å². The number of halogens is 2. The quantitative estimate of drug-likeness (QED) is 0.00724. The average Bonchev–Trinajstić information content (AvgIpc) is 0.876. The van der Waals surface area contributed by atoms with Crippen LogP contribution in [0, 0.1) is 92.7 Å². The third-order valence-electron chi connectivity index (χ3n) is 32.6. The summed E-state index contributed by atoms with van der Waals surface area (Å²) in [7, 11) is 0. The Bertz CT molecular complexity index is 4360. The molecule has 0 aromatic heterocycles. The van der Waals surface area contributed by atoms with Crippen LogP contribution in [0.4, 0.5) is 0 Å². The molecule has 16 atom stereocenters. The summed E-state index contributed by atoms with van der Waals surface area (Å²) >= 11 is 7.72. The molecule has 8 aliphatic carbocycles. The summed E-state index contributed by atoms with van der Waals surface area (Å²) in [5.74, 6) is 6.81. The van der Waals surface area contributed by atoms with Gasteiger partial charge in [0.2, 0.25) is 0 Å². The SMILES string of the molecule is CC(C)CCC[C@@H](C)[C@H]1CC[C@H]2[C@@H]3CC=C4CC(OC(=O)CCCC(=O)OCCCCCCN5C(=O)c6ccc7c8c(Br)cc9c%10c(ccc(c%11c(Br)cc(c6c7%11)C5=O)c%108)C(=O)N(CCCCCCOC(=O)CCCC(=O)OC5CC[C@@]6(C)C(=CC[C@H]7[C@@H]8CC[C@H]([C@H](C)CCCC(C)C)[C@@]8(C)CC[C@@H]76)C5)C9=O)CC[C@]4(C)[C@H]3CC[C@]12C. The van der Waals surface area contributed by atoms with E-state index in [0.29, 0.717) is 116 Å². The molecule has 10 aliphatic rings. The molecule has 14 nitrogen and oxygen atoms in total. The number of hydrogen-bond acceptors (Lipinski definition) is 12. The molecule has 628 valence electrons. The highest BCUT2D eigenvalue weighted by Gasteiger charge is 2.61. The molecule has 2 aliphatic heterocycles. The number of hydrogen-bond donors (Lipinski definition) is 0.